The third kappa shape index (κ3) is 4.80. The van der Waals surface area contributed by atoms with Gasteiger partial charge in [0, 0.05) is 4.47 Å². The van der Waals surface area contributed by atoms with Crippen molar-refractivity contribution < 1.29 is 5.11 Å². The summed E-state index contributed by atoms with van der Waals surface area (Å²) in [6.45, 7) is 3.94. The van der Waals surface area contributed by atoms with Crippen LogP contribution < -0.4 is 0 Å². The van der Waals surface area contributed by atoms with Crippen LogP contribution in [-0.2, 0) is 6.42 Å². The smallest absolute Gasteiger partial charge is 0.0617 e. The van der Waals surface area contributed by atoms with Crippen molar-refractivity contribution in [1.82, 2.24) is 0 Å². The van der Waals surface area contributed by atoms with Crippen LogP contribution in [0.5, 0.6) is 0 Å². The second-order valence-corrected chi connectivity index (χ2v) is 5.25. The summed E-state index contributed by atoms with van der Waals surface area (Å²) in [6.07, 6.45) is 3.77. The van der Waals surface area contributed by atoms with E-state index in [9.17, 15) is 5.11 Å². The average Bonchev–Trinajstić information content (AvgIpc) is 2.18. The van der Waals surface area contributed by atoms with Gasteiger partial charge in [0.1, 0.15) is 0 Å². The van der Waals surface area contributed by atoms with E-state index >= 15 is 0 Å². The summed E-state index contributed by atoms with van der Waals surface area (Å²) in [4.78, 5) is 0. The van der Waals surface area contributed by atoms with Gasteiger partial charge in [0.15, 0.2) is 0 Å². The molecular formula is C13H19BrO. The molecule has 1 aromatic rings. The third-order valence-corrected chi connectivity index (χ3v) is 3.32. The highest BCUT2D eigenvalue weighted by molar-refractivity contribution is 9.10. The van der Waals surface area contributed by atoms with E-state index in [-0.39, 0.29) is 0 Å². The van der Waals surface area contributed by atoms with Crippen LogP contribution in [0.25, 0.3) is 0 Å². The molecule has 0 aromatic heterocycles. The Balaban J connectivity index is 2.38. The molecule has 84 valence electrons. The van der Waals surface area contributed by atoms with Crippen LogP contribution in [0.3, 0.4) is 0 Å². The molecule has 0 aliphatic heterocycles. The molecule has 2 heteroatoms. The highest BCUT2D eigenvalue weighted by atomic mass is 79.9. The molecule has 1 rings (SSSR count). The van der Waals surface area contributed by atoms with Crippen LogP contribution in [0, 0.1) is 0 Å². The van der Waals surface area contributed by atoms with Crippen molar-refractivity contribution in [1.29, 1.82) is 0 Å². The minimum Gasteiger partial charge on any atom is -0.390 e. The molecule has 1 N–H and O–H groups in total. The lowest BCUT2D eigenvalue weighted by molar-refractivity contribution is 0.0450. The largest absolute Gasteiger partial charge is 0.390 e. The van der Waals surface area contributed by atoms with Gasteiger partial charge in [-0.3, -0.25) is 0 Å². The van der Waals surface area contributed by atoms with Crippen molar-refractivity contribution >= 4 is 15.9 Å². The standard InChI is InChI=1S/C13H19BrO/c1-3-13(2,15)9-5-7-11-6-4-8-12(14)10-11/h4,6,8,10,15H,3,5,7,9H2,1-2H3. The zero-order valence-electron chi connectivity index (χ0n) is 9.46. The summed E-state index contributed by atoms with van der Waals surface area (Å²) < 4.78 is 1.13. The van der Waals surface area contributed by atoms with Crippen molar-refractivity contribution in [3.63, 3.8) is 0 Å². The Morgan fingerprint density at radius 2 is 2.13 bits per heavy atom. The van der Waals surface area contributed by atoms with Crippen LogP contribution in [0.1, 0.15) is 38.7 Å². The number of hydrogen-bond donors (Lipinski definition) is 1. The summed E-state index contributed by atoms with van der Waals surface area (Å²) in [5.41, 5.74) is 0.836. The van der Waals surface area contributed by atoms with E-state index in [1.165, 1.54) is 5.56 Å². The van der Waals surface area contributed by atoms with Crippen molar-refractivity contribution in [3.8, 4) is 0 Å². The summed E-state index contributed by atoms with van der Waals surface area (Å²) in [6, 6.07) is 8.36. The van der Waals surface area contributed by atoms with E-state index in [2.05, 4.69) is 34.1 Å². The SMILES string of the molecule is CCC(C)(O)CCCc1cccc(Br)c1. The molecule has 0 heterocycles. The number of aliphatic hydroxyl groups is 1. The van der Waals surface area contributed by atoms with Gasteiger partial charge in [-0.05, 0) is 50.3 Å². The fourth-order valence-corrected chi connectivity index (χ4v) is 1.99. The molecular weight excluding hydrogens is 252 g/mol. The van der Waals surface area contributed by atoms with E-state index in [4.69, 9.17) is 0 Å². The van der Waals surface area contributed by atoms with Crippen molar-refractivity contribution in [2.24, 2.45) is 0 Å². The topological polar surface area (TPSA) is 20.2 Å². The Morgan fingerprint density at radius 1 is 1.40 bits per heavy atom. The summed E-state index contributed by atoms with van der Waals surface area (Å²) >= 11 is 3.46. The second-order valence-electron chi connectivity index (χ2n) is 4.33. The first-order chi connectivity index (χ1) is 7.03. The molecule has 0 radical (unpaired) electrons. The van der Waals surface area contributed by atoms with Crippen LogP contribution in [0.15, 0.2) is 28.7 Å². The zero-order valence-corrected chi connectivity index (χ0v) is 11.0. The van der Waals surface area contributed by atoms with E-state index in [0.717, 1.165) is 30.2 Å². The minimum absolute atomic E-state index is 0.494. The predicted molar refractivity (Wildman–Crippen MR) is 68.0 cm³/mol. The van der Waals surface area contributed by atoms with Gasteiger partial charge in [-0.15, -0.1) is 0 Å². The average molecular weight is 271 g/mol. The molecule has 0 saturated heterocycles. The summed E-state index contributed by atoms with van der Waals surface area (Å²) in [7, 11) is 0. The lowest BCUT2D eigenvalue weighted by Crippen LogP contribution is -2.22. The van der Waals surface area contributed by atoms with Crippen LogP contribution in [0.4, 0.5) is 0 Å². The quantitative estimate of drug-likeness (QED) is 0.860. The molecule has 0 spiro atoms. The van der Waals surface area contributed by atoms with E-state index in [0.29, 0.717) is 0 Å². The second kappa shape index (κ2) is 5.66. The summed E-state index contributed by atoms with van der Waals surface area (Å²) in [5, 5.41) is 9.85. The minimum atomic E-state index is -0.494. The zero-order chi connectivity index (χ0) is 11.3. The molecule has 0 aliphatic carbocycles. The normalized spacial score (nSPS) is 14.9. The molecule has 0 bridgehead atoms. The monoisotopic (exact) mass is 270 g/mol. The maximum Gasteiger partial charge on any atom is 0.0617 e. The molecule has 1 nitrogen and oxygen atoms in total. The fraction of sp³-hybridized carbons (Fsp3) is 0.538. The Kier molecular flexibility index (Phi) is 4.81. The Labute approximate surface area is 101 Å². The van der Waals surface area contributed by atoms with Crippen LogP contribution >= 0.6 is 15.9 Å². The lowest BCUT2D eigenvalue weighted by atomic mass is 9.95. The number of rotatable bonds is 5. The van der Waals surface area contributed by atoms with E-state index in [1.807, 2.05) is 19.9 Å². The lowest BCUT2D eigenvalue weighted by Gasteiger charge is -2.20. The van der Waals surface area contributed by atoms with E-state index < -0.39 is 5.60 Å². The maximum atomic E-state index is 9.85. The number of halogens is 1. The first-order valence-electron chi connectivity index (χ1n) is 5.50. The molecule has 1 unspecified atom stereocenters. The predicted octanol–water partition coefficient (Wildman–Crippen LogP) is 3.93. The highest BCUT2D eigenvalue weighted by Crippen LogP contribution is 2.19. The molecule has 1 aromatic carbocycles. The van der Waals surface area contributed by atoms with Gasteiger partial charge in [0.2, 0.25) is 0 Å². The first-order valence-corrected chi connectivity index (χ1v) is 6.29. The van der Waals surface area contributed by atoms with E-state index in [1.54, 1.807) is 0 Å². The molecule has 15 heavy (non-hydrogen) atoms. The van der Waals surface area contributed by atoms with Crippen molar-refractivity contribution in [2.75, 3.05) is 0 Å². The van der Waals surface area contributed by atoms with Gasteiger partial charge in [0.05, 0.1) is 5.60 Å². The van der Waals surface area contributed by atoms with Gasteiger partial charge in [0.25, 0.3) is 0 Å². The van der Waals surface area contributed by atoms with Gasteiger partial charge in [-0.1, -0.05) is 35.0 Å². The highest BCUT2D eigenvalue weighted by Gasteiger charge is 2.16. The Morgan fingerprint density at radius 3 is 2.73 bits per heavy atom. The van der Waals surface area contributed by atoms with Gasteiger partial charge < -0.3 is 5.11 Å². The number of benzene rings is 1. The first kappa shape index (κ1) is 12.7. The van der Waals surface area contributed by atoms with Gasteiger partial charge >= 0.3 is 0 Å². The van der Waals surface area contributed by atoms with Crippen LogP contribution in [-0.4, -0.2) is 10.7 Å². The van der Waals surface area contributed by atoms with Crippen molar-refractivity contribution in [2.45, 2.75) is 45.1 Å². The molecule has 0 saturated carbocycles. The molecule has 0 amide bonds. The molecule has 0 fully saturated rings. The van der Waals surface area contributed by atoms with Gasteiger partial charge in [-0.25, -0.2) is 0 Å². The fourth-order valence-electron chi connectivity index (χ4n) is 1.54. The number of aryl methyl sites for hydroxylation is 1. The Bertz CT molecular complexity index is 307. The summed E-state index contributed by atoms with van der Waals surface area (Å²) in [5.74, 6) is 0. The van der Waals surface area contributed by atoms with Crippen molar-refractivity contribution in [3.05, 3.63) is 34.3 Å². The third-order valence-electron chi connectivity index (χ3n) is 2.83. The van der Waals surface area contributed by atoms with Gasteiger partial charge in [-0.2, -0.15) is 0 Å². The maximum absolute atomic E-state index is 9.85. The number of hydrogen-bond acceptors (Lipinski definition) is 1. The Hall–Kier alpha value is -0.340. The van der Waals surface area contributed by atoms with Crippen LogP contribution in [0.2, 0.25) is 0 Å². The molecule has 0 aliphatic rings. The molecule has 1 atom stereocenters.